The number of nitrogen functional groups attached to an aromatic ring is 1. The molecule has 0 radical (unpaired) electrons. The minimum Gasteiger partial charge on any atom is -0.395 e. The zero-order valence-electron chi connectivity index (χ0n) is 8.85. The van der Waals surface area contributed by atoms with E-state index in [4.69, 9.17) is 16.1 Å². The van der Waals surface area contributed by atoms with E-state index >= 15 is 0 Å². The van der Waals surface area contributed by atoms with Gasteiger partial charge in [0.15, 0.2) is 5.82 Å². The Kier molecular flexibility index (Phi) is 2.93. The zero-order valence-corrected chi connectivity index (χ0v) is 8.85. The third-order valence-electron chi connectivity index (χ3n) is 2.88. The van der Waals surface area contributed by atoms with Crippen LogP contribution in [0.15, 0.2) is 12.3 Å². The Labute approximate surface area is 93.9 Å². The van der Waals surface area contributed by atoms with Gasteiger partial charge in [-0.15, -0.1) is 0 Å². The van der Waals surface area contributed by atoms with Crippen molar-refractivity contribution in [3.8, 4) is 6.07 Å². The van der Waals surface area contributed by atoms with Crippen molar-refractivity contribution < 1.29 is 5.11 Å². The normalized spacial score (nSPS) is 23.2. The number of aliphatic hydroxyl groups is 1. The maximum Gasteiger partial charge on any atom is 0.150 e. The molecule has 0 unspecified atom stereocenters. The van der Waals surface area contributed by atoms with Gasteiger partial charge in [0.25, 0.3) is 0 Å². The molecule has 2 rings (SSSR count). The Morgan fingerprint density at radius 3 is 3.00 bits per heavy atom. The number of aliphatic hydroxyl groups excluding tert-OH is 1. The van der Waals surface area contributed by atoms with Crippen LogP contribution in [-0.2, 0) is 0 Å². The van der Waals surface area contributed by atoms with Gasteiger partial charge >= 0.3 is 0 Å². The van der Waals surface area contributed by atoms with Crippen LogP contribution in [0.2, 0.25) is 0 Å². The third-order valence-corrected chi connectivity index (χ3v) is 2.88. The molecular weight excluding hydrogens is 204 g/mol. The molecule has 1 aliphatic rings. The molecule has 0 spiro atoms. The second-order valence-electron chi connectivity index (χ2n) is 4.10. The minimum atomic E-state index is -0.150. The summed E-state index contributed by atoms with van der Waals surface area (Å²) >= 11 is 0. The standard InChI is InChI=1S/C11H14N4O/c12-5-8-1-2-14-11(10(8)13)15-6-7-3-9(16)4-7/h1-2,7,9,16H,3-4,6,13H2,(H,14,15). The van der Waals surface area contributed by atoms with Crippen molar-refractivity contribution in [1.29, 1.82) is 5.26 Å². The number of anilines is 2. The molecule has 5 nitrogen and oxygen atoms in total. The molecule has 5 heteroatoms. The quantitative estimate of drug-likeness (QED) is 0.694. The van der Waals surface area contributed by atoms with E-state index in [2.05, 4.69) is 10.3 Å². The monoisotopic (exact) mass is 218 g/mol. The van der Waals surface area contributed by atoms with Crippen molar-refractivity contribution in [1.82, 2.24) is 4.98 Å². The van der Waals surface area contributed by atoms with E-state index in [1.165, 1.54) is 0 Å². The SMILES string of the molecule is N#Cc1ccnc(NCC2CC(O)C2)c1N. The van der Waals surface area contributed by atoms with Crippen molar-refractivity contribution >= 4 is 11.5 Å². The van der Waals surface area contributed by atoms with Gasteiger partial charge in [-0.3, -0.25) is 0 Å². The van der Waals surface area contributed by atoms with Gasteiger partial charge in [-0.05, 0) is 24.8 Å². The van der Waals surface area contributed by atoms with Gasteiger partial charge in [0, 0.05) is 12.7 Å². The van der Waals surface area contributed by atoms with Gasteiger partial charge in [-0.25, -0.2) is 4.98 Å². The summed E-state index contributed by atoms with van der Waals surface area (Å²) in [5.74, 6) is 1.03. The average molecular weight is 218 g/mol. The lowest BCUT2D eigenvalue weighted by Gasteiger charge is -2.31. The lowest BCUT2D eigenvalue weighted by Crippen LogP contribution is -2.33. The number of rotatable bonds is 3. The summed E-state index contributed by atoms with van der Waals surface area (Å²) in [7, 11) is 0. The molecule has 0 atom stereocenters. The van der Waals surface area contributed by atoms with E-state index in [1.54, 1.807) is 12.3 Å². The summed E-state index contributed by atoms with van der Waals surface area (Å²) < 4.78 is 0. The highest BCUT2D eigenvalue weighted by molar-refractivity contribution is 5.68. The van der Waals surface area contributed by atoms with Crippen molar-refractivity contribution in [2.24, 2.45) is 5.92 Å². The van der Waals surface area contributed by atoms with Gasteiger partial charge in [0.2, 0.25) is 0 Å². The highest BCUT2D eigenvalue weighted by Crippen LogP contribution is 2.28. The lowest BCUT2D eigenvalue weighted by molar-refractivity contribution is 0.0486. The van der Waals surface area contributed by atoms with Crippen LogP contribution >= 0.6 is 0 Å². The third kappa shape index (κ3) is 2.07. The summed E-state index contributed by atoms with van der Waals surface area (Å²) in [5.41, 5.74) is 6.60. The molecule has 0 saturated heterocycles. The minimum absolute atomic E-state index is 0.150. The van der Waals surface area contributed by atoms with E-state index in [0.29, 0.717) is 23.0 Å². The van der Waals surface area contributed by atoms with Crippen LogP contribution in [0.25, 0.3) is 0 Å². The molecule has 0 aromatic carbocycles. The van der Waals surface area contributed by atoms with Crippen LogP contribution in [0, 0.1) is 17.2 Å². The molecule has 1 aromatic rings. The number of aromatic nitrogens is 1. The van der Waals surface area contributed by atoms with Crippen LogP contribution < -0.4 is 11.1 Å². The first-order chi connectivity index (χ1) is 7.70. The highest BCUT2D eigenvalue weighted by atomic mass is 16.3. The second kappa shape index (κ2) is 4.37. The molecule has 4 N–H and O–H groups in total. The Morgan fingerprint density at radius 2 is 2.38 bits per heavy atom. The van der Waals surface area contributed by atoms with Crippen LogP contribution in [0.4, 0.5) is 11.5 Å². The van der Waals surface area contributed by atoms with Crippen LogP contribution in [0.5, 0.6) is 0 Å². The molecule has 16 heavy (non-hydrogen) atoms. The fraction of sp³-hybridized carbons (Fsp3) is 0.455. The second-order valence-corrected chi connectivity index (χ2v) is 4.10. The Bertz CT molecular complexity index is 420. The van der Waals surface area contributed by atoms with Gasteiger partial charge < -0.3 is 16.2 Å². The topological polar surface area (TPSA) is 95.0 Å². The van der Waals surface area contributed by atoms with E-state index in [-0.39, 0.29) is 6.10 Å². The summed E-state index contributed by atoms with van der Waals surface area (Å²) in [6.07, 6.45) is 3.06. The molecule has 1 aromatic heterocycles. The first kappa shape index (κ1) is 10.7. The Balaban J connectivity index is 1.97. The predicted octanol–water partition coefficient (Wildman–Crippen LogP) is 0.718. The van der Waals surface area contributed by atoms with Crippen LogP contribution in [0.1, 0.15) is 18.4 Å². The number of hydrogen-bond acceptors (Lipinski definition) is 5. The van der Waals surface area contributed by atoms with Crippen molar-refractivity contribution in [3.05, 3.63) is 17.8 Å². The number of pyridine rings is 1. The fourth-order valence-electron chi connectivity index (χ4n) is 1.82. The van der Waals surface area contributed by atoms with E-state index in [0.717, 1.165) is 19.4 Å². The first-order valence-electron chi connectivity index (χ1n) is 5.27. The van der Waals surface area contributed by atoms with E-state index < -0.39 is 0 Å². The highest BCUT2D eigenvalue weighted by Gasteiger charge is 2.26. The molecular formula is C11H14N4O. The molecule has 0 bridgehead atoms. The van der Waals surface area contributed by atoms with Crippen molar-refractivity contribution in [3.63, 3.8) is 0 Å². The maximum atomic E-state index is 9.14. The molecule has 0 amide bonds. The fourth-order valence-corrected chi connectivity index (χ4v) is 1.82. The van der Waals surface area contributed by atoms with Crippen molar-refractivity contribution in [2.45, 2.75) is 18.9 Å². The number of nitriles is 1. The van der Waals surface area contributed by atoms with Gasteiger partial charge in [-0.2, -0.15) is 5.26 Å². The van der Waals surface area contributed by atoms with Gasteiger partial charge in [0.05, 0.1) is 17.4 Å². The van der Waals surface area contributed by atoms with Crippen LogP contribution in [0.3, 0.4) is 0 Å². The Morgan fingerprint density at radius 1 is 1.62 bits per heavy atom. The molecule has 84 valence electrons. The number of hydrogen-bond donors (Lipinski definition) is 3. The van der Waals surface area contributed by atoms with E-state index in [9.17, 15) is 0 Å². The molecule has 1 fully saturated rings. The van der Waals surface area contributed by atoms with Gasteiger partial charge in [0.1, 0.15) is 6.07 Å². The summed E-state index contributed by atoms with van der Waals surface area (Å²) in [4.78, 5) is 4.09. The van der Waals surface area contributed by atoms with Crippen LogP contribution in [-0.4, -0.2) is 22.7 Å². The van der Waals surface area contributed by atoms with Crippen molar-refractivity contribution in [2.75, 3.05) is 17.6 Å². The molecule has 1 aliphatic carbocycles. The maximum absolute atomic E-state index is 9.14. The predicted molar refractivity (Wildman–Crippen MR) is 60.6 cm³/mol. The first-order valence-corrected chi connectivity index (χ1v) is 5.27. The smallest absolute Gasteiger partial charge is 0.150 e. The lowest BCUT2D eigenvalue weighted by atomic mass is 9.82. The summed E-state index contributed by atoms with van der Waals surface area (Å²) in [5, 5.41) is 21.0. The molecule has 0 aliphatic heterocycles. The average Bonchev–Trinajstić information content (AvgIpc) is 2.24. The number of nitrogens with zero attached hydrogens (tertiary/aromatic N) is 2. The summed E-state index contributed by atoms with van der Waals surface area (Å²) in [6, 6.07) is 3.60. The Hall–Kier alpha value is -1.80. The molecule has 1 saturated carbocycles. The van der Waals surface area contributed by atoms with Gasteiger partial charge in [-0.1, -0.05) is 0 Å². The molecule has 1 heterocycles. The summed E-state index contributed by atoms with van der Waals surface area (Å²) in [6.45, 7) is 0.739. The largest absolute Gasteiger partial charge is 0.395 e. The number of nitrogens with one attached hydrogen (secondary N) is 1. The van der Waals surface area contributed by atoms with E-state index in [1.807, 2.05) is 6.07 Å². The zero-order chi connectivity index (χ0) is 11.5. The number of nitrogens with two attached hydrogens (primary N) is 1.